The third-order valence-electron chi connectivity index (χ3n) is 4.24. The average Bonchev–Trinajstić information content (AvgIpc) is 3.26. The molecule has 4 nitrogen and oxygen atoms in total. The molecule has 1 saturated heterocycles. The van der Waals surface area contributed by atoms with Gasteiger partial charge in [-0.3, -0.25) is 9.59 Å². The minimum Gasteiger partial charge on any atom is -0.342 e. The molecule has 0 bridgehead atoms. The summed E-state index contributed by atoms with van der Waals surface area (Å²) in [6.07, 6.45) is 2.01. The second-order valence-electron chi connectivity index (χ2n) is 5.83. The third-order valence-corrected chi connectivity index (χ3v) is 4.74. The molecule has 1 atom stereocenters. The van der Waals surface area contributed by atoms with Gasteiger partial charge in [-0.15, -0.1) is 0 Å². The summed E-state index contributed by atoms with van der Waals surface area (Å²) in [6, 6.07) is 4.49. The van der Waals surface area contributed by atoms with E-state index in [1.54, 1.807) is 19.1 Å². The first kappa shape index (κ1) is 14.5. The van der Waals surface area contributed by atoms with E-state index < -0.39 is 11.4 Å². The van der Waals surface area contributed by atoms with Crippen molar-refractivity contribution in [2.45, 2.75) is 31.7 Å². The van der Waals surface area contributed by atoms with Crippen LogP contribution in [-0.2, 0) is 9.59 Å². The molecule has 2 aliphatic rings. The minimum atomic E-state index is -0.928. The SMILES string of the molecule is CC1(C2CC2)NC(=O)CCN(c2cc(Br)ccc2F)C1=O. The van der Waals surface area contributed by atoms with Crippen molar-refractivity contribution in [1.82, 2.24) is 5.32 Å². The van der Waals surface area contributed by atoms with Crippen LogP contribution in [0.25, 0.3) is 0 Å². The summed E-state index contributed by atoms with van der Waals surface area (Å²) in [5.41, 5.74) is -0.708. The van der Waals surface area contributed by atoms with Crippen LogP contribution in [0.4, 0.5) is 10.1 Å². The maximum atomic E-state index is 14.1. The number of hydrogen-bond acceptors (Lipinski definition) is 2. The van der Waals surface area contributed by atoms with Crippen molar-refractivity contribution in [2.75, 3.05) is 11.4 Å². The van der Waals surface area contributed by atoms with Gasteiger partial charge >= 0.3 is 0 Å². The lowest BCUT2D eigenvalue weighted by molar-refractivity contribution is -0.130. The number of nitrogens with zero attached hydrogens (tertiary/aromatic N) is 1. The first-order valence-electron chi connectivity index (χ1n) is 7.00. The lowest BCUT2D eigenvalue weighted by Gasteiger charge is -2.32. The number of carbonyl (C=O) groups excluding carboxylic acids is 2. The predicted octanol–water partition coefficient (Wildman–Crippen LogP) is 2.61. The summed E-state index contributed by atoms with van der Waals surface area (Å²) in [5, 5.41) is 2.84. The summed E-state index contributed by atoms with van der Waals surface area (Å²) in [7, 11) is 0. The normalized spacial score (nSPS) is 26.5. The molecule has 0 aromatic heterocycles. The van der Waals surface area contributed by atoms with Crippen molar-refractivity contribution in [3.63, 3.8) is 0 Å². The van der Waals surface area contributed by atoms with Crippen molar-refractivity contribution in [1.29, 1.82) is 0 Å². The van der Waals surface area contributed by atoms with Gasteiger partial charge in [0, 0.05) is 17.4 Å². The second-order valence-corrected chi connectivity index (χ2v) is 6.74. The Labute approximate surface area is 130 Å². The summed E-state index contributed by atoms with van der Waals surface area (Å²) in [5.74, 6) is -0.702. The van der Waals surface area contributed by atoms with Crippen LogP contribution < -0.4 is 10.2 Å². The standard InChI is InChI=1S/C15H16BrFN2O2/c1-15(9-2-3-9)14(21)19(7-6-13(20)18-15)12-8-10(16)4-5-11(12)17/h4-5,8-9H,2-3,6-7H2,1H3,(H,18,20). The van der Waals surface area contributed by atoms with E-state index >= 15 is 0 Å². The number of halogens is 2. The highest BCUT2D eigenvalue weighted by molar-refractivity contribution is 9.10. The molecule has 0 radical (unpaired) electrons. The van der Waals surface area contributed by atoms with Gasteiger partial charge in [-0.25, -0.2) is 4.39 Å². The fourth-order valence-electron chi connectivity index (χ4n) is 2.86. The van der Waals surface area contributed by atoms with Crippen LogP contribution in [-0.4, -0.2) is 23.9 Å². The van der Waals surface area contributed by atoms with E-state index in [1.165, 1.54) is 11.0 Å². The zero-order chi connectivity index (χ0) is 15.2. The number of amides is 2. The Kier molecular flexibility index (Phi) is 3.51. The number of carbonyl (C=O) groups is 2. The Morgan fingerprint density at radius 3 is 2.76 bits per heavy atom. The van der Waals surface area contributed by atoms with Crippen LogP contribution in [0.1, 0.15) is 26.2 Å². The molecular formula is C15H16BrFN2O2. The maximum Gasteiger partial charge on any atom is 0.252 e. The van der Waals surface area contributed by atoms with E-state index in [9.17, 15) is 14.0 Å². The van der Waals surface area contributed by atoms with Crippen LogP contribution in [0, 0.1) is 11.7 Å². The number of anilines is 1. The smallest absolute Gasteiger partial charge is 0.252 e. The first-order valence-corrected chi connectivity index (χ1v) is 7.79. The van der Waals surface area contributed by atoms with Gasteiger partial charge in [0.15, 0.2) is 0 Å². The zero-order valence-electron chi connectivity index (χ0n) is 11.7. The Bertz CT molecular complexity index is 618. The van der Waals surface area contributed by atoms with Crippen LogP contribution in [0.15, 0.2) is 22.7 Å². The molecule has 6 heteroatoms. The highest BCUT2D eigenvalue weighted by atomic mass is 79.9. The van der Waals surface area contributed by atoms with E-state index in [4.69, 9.17) is 0 Å². The van der Waals surface area contributed by atoms with E-state index in [-0.39, 0.29) is 36.4 Å². The third kappa shape index (κ3) is 2.57. The minimum absolute atomic E-state index is 0.143. The van der Waals surface area contributed by atoms with Crippen molar-refractivity contribution in [2.24, 2.45) is 5.92 Å². The van der Waals surface area contributed by atoms with Crippen molar-refractivity contribution >= 4 is 33.4 Å². The van der Waals surface area contributed by atoms with Gasteiger partial charge in [-0.05, 0) is 43.9 Å². The molecule has 3 rings (SSSR count). The molecule has 1 aromatic rings. The van der Waals surface area contributed by atoms with Gasteiger partial charge in [0.25, 0.3) is 5.91 Å². The Morgan fingerprint density at radius 2 is 2.10 bits per heavy atom. The van der Waals surface area contributed by atoms with Crippen LogP contribution in [0.3, 0.4) is 0 Å². The fourth-order valence-corrected chi connectivity index (χ4v) is 3.21. The van der Waals surface area contributed by atoms with E-state index in [1.807, 2.05) is 0 Å². The molecule has 21 heavy (non-hydrogen) atoms. The van der Waals surface area contributed by atoms with E-state index in [0.717, 1.165) is 12.8 Å². The molecule has 1 N–H and O–H groups in total. The van der Waals surface area contributed by atoms with Crippen LogP contribution >= 0.6 is 15.9 Å². The fraction of sp³-hybridized carbons (Fsp3) is 0.467. The van der Waals surface area contributed by atoms with Gasteiger partial charge in [0.05, 0.1) is 5.69 Å². The van der Waals surface area contributed by atoms with Gasteiger partial charge in [0.1, 0.15) is 11.4 Å². The Hall–Kier alpha value is -1.43. The summed E-state index contributed by atoms with van der Waals surface area (Å²) >= 11 is 3.30. The summed E-state index contributed by atoms with van der Waals surface area (Å²) in [6.45, 7) is 1.94. The van der Waals surface area contributed by atoms with E-state index in [2.05, 4.69) is 21.2 Å². The molecular weight excluding hydrogens is 339 g/mol. The monoisotopic (exact) mass is 354 g/mol. The van der Waals surface area contributed by atoms with Crippen LogP contribution in [0.5, 0.6) is 0 Å². The largest absolute Gasteiger partial charge is 0.342 e. The van der Waals surface area contributed by atoms with Crippen molar-refractivity contribution in [3.05, 3.63) is 28.5 Å². The molecule has 1 aliphatic heterocycles. The molecule has 1 aromatic carbocycles. The topological polar surface area (TPSA) is 49.4 Å². The van der Waals surface area contributed by atoms with Crippen molar-refractivity contribution < 1.29 is 14.0 Å². The second kappa shape index (κ2) is 5.09. The van der Waals surface area contributed by atoms with E-state index in [0.29, 0.717) is 4.47 Å². The number of nitrogens with one attached hydrogen (secondary N) is 1. The van der Waals surface area contributed by atoms with Crippen molar-refractivity contribution in [3.8, 4) is 0 Å². The Balaban J connectivity index is 2.02. The zero-order valence-corrected chi connectivity index (χ0v) is 13.2. The first-order chi connectivity index (χ1) is 9.91. The number of benzene rings is 1. The van der Waals surface area contributed by atoms with Gasteiger partial charge in [-0.2, -0.15) is 0 Å². The molecule has 1 aliphatic carbocycles. The number of rotatable bonds is 2. The lowest BCUT2D eigenvalue weighted by atomic mass is 9.94. The molecule has 1 unspecified atom stereocenters. The molecule has 1 saturated carbocycles. The molecule has 1 heterocycles. The summed E-state index contributed by atoms with van der Waals surface area (Å²) in [4.78, 5) is 26.2. The van der Waals surface area contributed by atoms with Gasteiger partial charge < -0.3 is 10.2 Å². The highest BCUT2D eigenvalue weighted by Crippen LogP contribution is 2.42. The molecule has 0 spiro atoms. The van der Waals surface area contributed by atoms with Gasteiger partial charge in [0.2, 0.25) is 5.91 Å². The lowest BCUT2D eigenvalue weighted by Crippen LogP contribution is -2.57. The molecule has 112 valence electrons. The van der Waals surface area contributed by atoms with Crippen LogP contribution in [0.2, 0.25) is 0 Å². The quantitative estimate of drug-likeness (QED) is 0.887. The number of hydrogen-bond donors (Lipinski definition) is 1. The Morgan fingerprint density at radius 1 is 1.38 bits per heavy atom. The maximum absolute atomic E-state index is 14.1. The highest BCUT2D eigenvalue weighted by Gasteiger charge is 2.51. The summed E-state index contributed by atoms with van der Waals surface area (Å²) < 4.78 is 14.8. The average molecular weight is 355 g/mol. The molecule has 2 fully saturated rings. The predicted molar refractivity (Wildman–Crippen MR) is 80.3 cm³/mol. The van der Waals surface area contributed by atoms with Gasteiger partial charge in [-0.1, -0.05) is 15.9 Å². The molecule has 2 amide bonds.